The van der Waals surface area contributed by atoms with E-state index < -0.39 is 16.1 Å². The highest BCUT2D eigenvalue weighted by atomic mass is 32.2. The lowest BCUT2D eigenvalue weighted by Crippen LogP contribution is -2.49. The lowest BCUT2D eigenvalue weighted by Gasteiger charge is -2.21. The van der Waals surface area contributed by atoms with Crippen LogP contribution >= 0.6 is 11.3 Å². The standard InChI is InChI=1S/C19H26N2O5S2/c1-5-26-15-9-8-14(11-16(15)25-4)12-20-19(22)18(13(2)3)21-28(23,24)17-7-6-10-27-17/h6-11,13,18,21H,5,12H2,1-4H3,(H,20,22). The van der Waals surface area contributed by atoms with Crippen molar-refractivity contribution in [1.29, 1.82) is 0 Å². The van der Waals surface area contributed by atoms with Crippen molar-refractivity contribution in [1.82, 2.24) is 10.0 Å². The first-order valence-electron chi connectivity index (χ1n) is 8.91. The number of hydrogen-bond acceptors (Lipinski definition) is 6. The van der Waals surface area contributed by atoms with Crippen molar-refractivity contribution in [2.24, 2.45) is 5.92 Å². The van der Waals surface area contributed by atoms with E-state index in [0.29, 0.717) is 18.1 Å². The fourth-order valence-electron chi connectivity index (χ4n) is 2.53. The molecule has 0 radical (unpaired) electrons. The number of methoxy groups -OCH3 is 1. The monoisotopic (exact) mass is 426 g/mol. The van der Waals surface area contributed by atoms with Gasteiger partial charge in [-0.15, -0.1) is 11.3 Å². The Balaban J connectivity index is 2.07. The van der Waals surface area contributed by atoms with Gasteiger partial charge in [-0.1, -0.05) is 26.0 Å². The zero-order chi connectivity index (χ0) is 20.7. The van der Waals surface area contributed by atoms with Crippen molar-refractivity contribution in [3.05, 3.63) is 41.3 Å². The fourth-order valence-corrected chi connectivity index (χ4v) is 4.88. The summed E-state index contributed by atoms with van der Waals surface area (Å²) in [5, 5.41) is 4.47. The normalized spacial score (nSPS) is 12.6. The van der Waals surface area contributed by atoms with Gasteiger partial charge in [-0.05, 0) is 42.0 Å². The number of sulfonamides is 1. The van der Waals surface area contributed by atoms with Crippen LogP contribution in [0.3, 0.4) is 0 Å². The molecule has 2 aromatic rings. The second kappa shape index (κ2) is 9.90. The Hall–Kier alpha value is -2.10. The SMILES string of the molecule is CCOc1ccc(CNC(=O)C(NS(=O)(=O)c2cccs2)C(C)C)cc1OC. The maximum absolute atomic E-state index is 12.6. The highest BCUT2D eigenvalue weighted by Crippen LogP contribution is 2.28. The summed E-state index contributed by atoms with van der Waals surface area (Å²) in [4.78, 5) is 12.6. The molecule has 0 aliphatic rings. The molecular formula is C19H26N2O5S2. The molecule has 9 heteroatoms. The Kier molecular flexibility index (Phi) is 7.85. The van der Waals surface area contributed by atoms with E-state index in [1.807, 2.05) is 13.0 Å². The van der Waals surface area contributed by atoms with Gasteiger partial charge in [0.25, 0.3) is 10.0 Å². The van der Waals surface area contributed by atoms with Crippen LogP contribution in [0.2, 0.25) is 0 Å². The van der Waals surface area contributed by atoms with Gasteiger partial charge in [0.05, 0.1) is 13.7 Å². The second-order valence-corrected chi connectivity index (χ2v) is 9.30. The topological polar surface area (TPSA) is 93.7 Å². The summed E-state index contributed by atoms with van der Waals surface area (Å²) in [6.45, 7) is 6.23. The predicted molar refractivity (Wildman–Crippen MR) is 109 cm³/mol. The number of rotatable bonds is 10. The summed E-state index contributed by atoms with van der Waals surface area (Å²) >= 11 is 1.11. The predicted octanol–water partition coefficient (Wildman–Crippen LogP) is 2.77. The maximum atomic E-state index is 12.6. The average Bonchev–Trinajstić information content (AvgIpc) is 3.21. The molecule has 1 amide bonds. The molecule has 7 nitrogen and oxygen atoms in total. The lowest BCUT2D eigenvalue weighted by atomic mass is 10.0. The third-order valence-electron chi connectivity index (χ3n) is 3.99. The van der Waals surface area contributed by atoms with Crippen molar-refractivity contribution < 1.29 is 22.7 Å². The Morgan fingerprint density at radius 2 is 1.96 bits per heavy atom. The molecule has 0 aliphatic carbocycles. The molecule has 2 N–H and O–H groups in total. The molecule has 1 aromatic carbocycles. The number of hydrogen-bond donors (Lipinski definition) is 2. The first kappa shape index (κ1) is 22.2. The van der Waals surface area contributed by atoms with Crippen LogP contribution in [0.5, 0.6) is 11.5 Å². The summed E-state index contributed by atoms with van der Waals surface area (Å²) in [5.41, 5.74) is 0.817. The van der Waals surface area contributed by atoms with E-state index in [2.05, 4.69) is 10.0 Å². The van der Waals surface area contributed by atoms with Crippen LogP contribution in [0.4, 0.5) is 0 Å². The Bertz CT molecular complexity index is 880. The Morgan fingerprint density at radius 3 is 2.54 bits per heavy atom. The first-order valence-corrected chi connectivity index (χ1v) is 11.3. The molecule has 154 valence electrons. The summed E-state index contributed by atoms with van der Waals surface area (Å²) in [5.74, 6) is 0.601. The third kappa shape index (κ3) is 5.70. The van der Waals surface area contributed by atoms with Crippen LogP contribution in [0, 0.1) is 5.92 Å². The third-order valence-corrected chi connectivity index (χ3v) is 6.82. The van der Waals surface area contributed by atoms with Gasteiger partial charge in [-0.3, -0.25) is 4.79 Å². The summed E-state index contributed by atoms with van der Waals surface area (Å²) < 4.78 is 38.4. The van der Waals surface area contributed by atoms with Crippen molar-refractivity contribution in [2.45, 2.75) is 37.6 Å². The number of benzene rings is 1. The molecule has 2 rings (SSSR count). The average molecular weight is 427 g/mol. The van der Waals surface area contributed by atoms with Crippen LogP contribution in [-0.2, 0) is 21.4 Å². The van der Waals surface area contributed by atoms with Crippen molar-refractivity contribution >= 4 is 27.3 Å². The van der Waals surface area contributed by atoms with Gasteiger partial charge in [0.2, 0.25) is 5.91 Å². The van der Waals surface area contributed by atoms with E-state index in [0.717, 1.165) is 16.9 Å². The minimum atomic E-state index is -3.74. The minimum absolute atomic E-state index is 0.183. The van der Waals surface area contributed by atoms with Crippen LogP contribution in [-0.4, -0.2) is 34.1 Å². The van der Waals surface area contributed by atoms with Crippen molar-refractivity contribution in [3.8, 4) is 11.5 Å². The van der Waals surface area contributed by atoms with Gasteiger partial charge in [-0.2, -0.15) is 4.72 Å². The van der Waals surface area contributed by atoms with Gasteiger partial charge >= 0.3 is 0 Å². The van der Waals surface area contributed by atoms with E-state index >= 15 is 0 Å². The Morgan fingerprint density at radius 1 is 1.21 bits per heavy atom. The van der Waals surface area contributed by atoms with E-state index in [9.17, 15) is 13.2 Å². The summed E-state index contributed by atoms with van der Waals surface area (Å²) in [6.07, 6.45) is 0. The first-order chi connectivity index (χ1) is 13.3. The number of carbonyl (C=O) groups excluding carboxylic acids is 1. The highest BCUT2D eigenvalue weighted by molar-refractivity contribution is 7.91. The van der Waals surface area contributed by atoms with Gasteiger partial charge in [0.15, 0.2) is 11.5 Å². The zero-order valence-electron chi connectivity index (χ0n) is 16.4. The molecular weight excluding hydrogens is 400 g/mol. The number of amides is 1. The quantitative estimate of drug-likeness (QED) is 0.609. The van der Waals surface area contributed by atoms with Crippen molar-refractivity contribution in [2.75, 3.05) is 13.7 Å². The minimum Gasteiger partial charge on any atom is -0.493 e. The highest BCUT2D eigenvalue weighted by Gasteiger charge is 2.28. The van der Waals surface area contributed by atoms with E-state index in [-0.39, 0.29) is 22.6 Å². The molecule has 1 aromatic heterocycles. The van der Waals surface area contributed by atoms with Gasteiger partial charge in [-0.25, -0.2) is 8.42 Å². The van der Waals surface area contributed by atoms with E-state index in [1.165, 1.54) is 6.07 Å². The number of thiophene rings is 1. The Labute approximate surface area is 170 Å². The summed E-state index contributed by atoms with van der Waals surface area (Å²) in [7, 11) is -2.19. The molecule has 1 atom stereocenters. The molecule has 0 spiro atoms. The second-order valence-electron chi connectivity index (χ2n) is 6.41. The number of nitrogens with one attached hydrogen (secondary N) is 2. The van der Waals surface area contributed by atoms with Gasteiger partial charge in [0, 0.05) is 6.54 Å². The molecule has 0 fully saturated rings. The van der Waals surface area contributed by atoms with Crippen LogP contribution in [0.25, 0.3) is 0 Å². The molecule has 1 unspecified atom stereocenters. The van der Waals surface area contributed by atoms with Crippen LogP contribution in [0.1, 0.15) is 26.3 Å². The van der Waals surface area contributed by atoms with Gasteiger partial charge in [0.1, 0.15) is 10.3 Å². The maximum Gasteiger partial charge on any atom is 0.250 e. The molecule has 28 heavy (non-hydrogen) atoms. The lowest BCUT2D eigenvalue weighted by molar-refractivity contribution is -0.123. The van der Waals surface area contributed by atoms with E-state index in [4.69, 9.17) is 9.47 Å². The zero-order valence-corrected chi connectivity index (χ0v) is 18.0. The largest absolute Gasteiger partial charge is 0.493 e. The molecule has 0 saturated heterocycles. The number of ether oxygens (including phenoxy) is 2. The molecule has 0 saturated carbocycles. The van der Waals surface area contributed by atoms with Gasteiger partial charge < -0.3 is 14.8 Å². The van der Waals surface area contributed by atoms with Crippen LogP contribution in [0.15, 0.2) is 39.9 Å². The van der Waals surface area contributed by atoms with Crippen molar-refractivity contribution in [3.63, 3.8) is 0 Å². The summed E-state index contributed by atoms with van der Waals surface area (Å²) in [6, 6.07) is 7.68. The fraction of sp³-hybridized carbons (Fsp3) is 0.421. The molecule has 0 bridgehead atoms. The smallest absolute Gasteiger partial charge is 0.250 e. The van der Waals surface area contributed by atoms with E-state index in [1.54, 1.807) is 44.5 Å². The molecule has 0 aliphatic heterocycles. The molecule has 1 heterocycles. The van der Waals surface area contributed by atoms with Crippen LogP contribution < -0.4 is 19.5 Å². The number of carbonyl (C=O) groups is 1.